The summed E-state index contributed by atoms with van der Waals surface area (Å²) in [4.78, 5) is 14.5. The van der Waals surface area contributed by atoms with E-state index in [2.05, 4.69) is 20.9 Å². The van der Waals surface area contributed by atoms with E-state index in [1.165, 1.54) is 0 Å². The van der Waals surface area contributed by atoms with E-state index in [1.807, 2.05) is 0 Å². The zero-order valence-electron chi connectivity index (χ0n) is 6.37. The average molecular weight is 252 g/mol. The van der Waals surface area contributed by atoms with E-state index in [-0.39, 0.29) is 12.4 Å². The van der Waals surface area contributed by atoms with Gasteiger partial charge in [-0.2, -0.15) is 0 Å². The zero-order valence-corrected chi connectivity index (χ0v) is 8.78. The fraction of sp³-hybridized carbons (Fsp3) is 0.143. The number of amides is 1. The Morgan fingerprint density at radius 2 is 2.25 bits per heavy atom. The van der Waals surface area contributed by atoms with Crippen LogP contribution >= 0.6 is 28.3 Å². The maximum Gasteiger partial charge on any atom is 0.267 e. The molecule has 5 heteroatoms. The molecule has 0 saturated heterocycles. The molecule has 1 aromatic rings. The van der Waals surface area contributed by atoms with Gasteiger partial charge < -0.3 is 5.73 Å². The first kappa shape index (κ1) is 11.4. The molecule has 1 rings (SSSR count). The van der Waals surface area contributed by atoms with Crippen LogP contribution in [0, 0.1) is 6.92 Å². The number of pyridine rings is 1. The maximum absolute atomic E-state index is 10.7. The maximum atomic E-state index is 10.7. The lowest BCUT2D eigenvalue weighted by Gasteiger charge is -1.98. The first-order valence-corrected chi connectivity index (χ1v) is 3.82. The van der Waals surface area contributed by atoms with Gasteiger partial charge in [-0.3, -0.25) is 4.79 Å². The van der Waals surface area contributed by atoms with Crippen molar-refractivity contribution in [3.05, 3.63) is 28.0 Å². The molecule has 0 spiro atoms. The number of halogens is 2. The van der Waals surface area contributed by atoms with E-state index in [0.29, 0.717) is 5.69 Å². The Balaban J connectivity index is 0.00000121. The number of hydrogen-bond acceptors (Lipinski definition) is 2. The van der Waals surface area contributed by atoms with Gasteiger partial charge in [0.2, 0.25) is 0 Å². The number of carbonyl (C=O) groups is 1. The summed E-state index contributed by atoms with van der Waals surface area (Å²) in [7, 11) is 0. The molecule has 0 bridgehead atoms. The van der Waals surface area contributed by atoms with Crippen LogP contribution in [0.4, 0.5) is 0 Å². The van der Waals surface area contributed by atoms with Gasteiger partial charge in [0.05, 0.1) is 0 Å². The zero-order chi connectivity index (χ0) is 8.43. The predicted octanol–water partition coefficient (Wildman–Crippen LogP) is 1.67. The summed E-state index contributed by atoms with van der Waals surface area (Å²) in [5.74, 6) is -0.491. The van der Waals surface area contributed by atoms with Crippen molar-refractivity contribution in [3.63, 3.8) is 0 Å². The molecule has 0 radical (unpaired) electrons. The molecule has 0 aliphatic carbocycles. The Bertz CT molecular complexity index is 303. The number of hydrogen-bond donors (Lipinski definition) is 1. The van der Waals surface area contributed by atoms with Crippen LogP contribution in [0.3, 0.4) is 0 Å². The average Bonchev–Trinajstić information content (AvgIpc) is 1.85. The highest BCUT2D eigenvalue weighted by atomic mass is 79.9. The minimum atomic E-state index is -0.491. The molecule has 0 saturated carbocycles. The van der Waals surface area contributed by atoms with E-state index in [9.17, 15) is 4.79 Å². The quantitative estimate of drug-likeness (QED) is 0.825. The highest BCUT2D eigenvalue weighted by Gasteiger charge is 2.05. The normalized spacial score (nSPS) is 8.83. The van der Waals surface area contributed by atoms with Crippen molar-refractivity contribution in [2.75, 3.05) is 0 Å². The summed E-state index contributed by atoms with van der Waals surface area (Å²) in [6, 6.07) is 1.80. The highest BCUT2D eigenvalue weighted by molar-refractivity contribution is 9.10. The van der Waals surface area contributed by atoms with E-state index in [4.69, 9.17) is 5.73 Å². The summed E-state index contributed by atoms with van der Waals surface area (Å²) in [5, 5.41) is 0. The van der Waals surface area contributed by atoms with Gasteiger partial charge in [0.15, 0.2) is 0 Å². The molecular weight excluding hydrogens is 243 g/mol. The number of aryl methyl sites for hydroxylation is 1. The number of primary amides is 1. The fourth-order valence-corrected chi connectivity index (χ4v) is 1.24. The standard InChI is InChI=1S/C7H7BrN2O.ClH/c1-4-2-5(8)3-10-6(4)7(9)11;/h2-3H,1H3,(H2,9,11);1H. The van der Waals surface area contributed by atoms with E-state index in [0.717, 1.165) is 10.0 Å². The minimum absolute atomic E-state index is 0. The molecule has 66 valence electrons. The molecule has 0 atom stereocenters. The summed E-state index contributed by atoms with van der Waals surface area (Å²) in [6.07, 6.45) is 1.55. The fourth-order valence-electron chi connectivity index (χ4n) is 0.798. The summed E-state index contributed by atoms with van der Waals surface area (Å²) in [5.41, 5.74) is 6.16. The summed E-state index contributed by atoms with van der Waals surface area (Å²) >= 11 is 3.23. The lowest BCUT2D eigenvalue weighted by Crippen LogP contribution is -2.14. The smallest absolute Gasteiger partial charge is 0.267 e. The van der Waals surface area contributed by atoms with Crippen molar-refractivity contribution >= 4 is 34.2 Å². The molecule has 0 aliphatic rings. The van der Waals surface area contributed by atoms with Crippen molar-refractivity contribution in [2.24, 2.45) is 5.73 Å². The number of nitrogens with zero attached hydrogens (tertiary/aromatic N) is 1. The van der Waals surface area contributed by atoms with Gasteiger partial charge in [0, 0.05) is 10.7 Å². The lowest BCUT2D eigenvalue weighted by molar-refractivity contribution is 0.0995. The largest absolute Gasteiger partial charge is 0.364 e. The van der Waals surface area contributed by atoms with E-state index >= 15 is 0 Å². The minimum Gasteiger partial charge on any atom is -0.364 e. The Labute approximate surface area is 84.9 Å². The van der Waals surface area contributed by atoms with Crippen molar-refractivity contribution in [2.45, 2.75) is 6.92 Å². The van der Waals surface area contributed by atoms with Crippen molar-refractivity contribution in [1.82, 2.24) is 4.98 Å². The van der Waals surface area contributed by atoms with Crippen LogP contribution in [0.1, 0.15) is 16.1 Å². The van der Waals surface area contributed by atoms with Gasteiger partial charge in [0.1, 0.15) is 5.69 Å². The molecule has 1 heterocycles. The molecule has 0 unspecified atom stereocenters. The molecule has 1 aromatic heterocycles. The topological polar surface area (TPSA) is 56.0 Å². The van der Waals surface area contributed by atoms with Crippen molar-refractivity contribution in [3.8, 4) is 0 Å². The second-order valence-electron chi connectivity index (χ2n) is 2.18. The van der Waals surface area contributed by atoms with Gasteiger partial charge in [-0.15, -0.1) is 12.4 Å². The van der Waals surface area contributed by atoms with Crippen LogP contribution in [0.5, 0.6) is 0 Å². The first-order valence-electron chi connectivity index (χ1n) is 3.03. The Morgan fingerprint density at radius 3 is 2.67 bits per heavy atom. The Hall–Kier alpha value is -0.610. The molecular formula is C7H8BrClN2O. The Morgan fingerprint density at radius 1 is 1.67 bits per heavy atom. The monoisotopic (exact) mass is 250 g/mol. The molecule has 0 aromatic carbocycles. The van der Waals surface area contributed by atoms with Crippen LogP contribution in [-0.4, -0.2) is 10.9 Å². The van der Waals surface area contributed by atoms with Crippen molar-refractivity contribution < 1.29 is 4.79 Å². The molecule has 0 fully saturated rings. The second kappa shape index (κ2) is 4.42. The molecule has 2 N–H and O–H groups in total. The van der Waals surface area contributed by atoms with E-state index < -0.39 is 5.91 Å². The first-order chi connectivity index (χ1) is 5.11. The third-order valence-electron chi connectivity index (χ3n) is 1.28. The van der Waals surface area contributed by atoms with Gasteiger partial charge >= 0.3 is 0 Å². The third kappa shape index (κ3) is 2.46. The van der Waals surface area contributed by atoms with Crippen molar-refractivity contribution in [1.29, 1.82) is 0 Å². The van der Waals surface area contributed by atoms with Gasteiger partial charge in [0.25, 0.3) is 5.91 Å². The SMILES string of the molecule is Cc1cc(Br)cnc1C(N)=O.Cl. The number of aromatic nitrogens is 1. The number of carbonyl (C=O) groups excluding carboxylic acids is 1. The number of rotatable bonds is 1. The Kier molecular flexibility index (Phi) is 4.20. The van der Waals surface area contributed by atoms with Gasteiger partial charge in [-0.25, -0.2) is 4.98 Å². The van der Waals surface area contributed by atoms with E-state index in [1.54, 1.807) is 19.2 Å². The predicted molar refractivity (Wildman–Crippen MR) is 52.4 cm³/mol. The van der Waals surface area contributed by atoms with Crippen LogP contribution in [0.2, 0.25) is 0 Å². The molecule has 1 amide bonds. The van der Waals surface area contributed by atoms with Gasteiger partial charge in [-0.1, -0.05) is 0 Å². The highest BCUT2D eigenvalue weighted by Crippen LogP contribution is 2.11. The summed E-state index contributed by atoms with van der Waals surface area (Å²) in [6.45, 7) is 1.79. The van der Waals surface area contributed by atoms with Crippen LogP contribution in [0.25, 0.3) is 0 Å². The molecule has 3 nitrogen and oxygen atoms in total. The van der Waals surface area contributed by atoms with Gasteiger partial charge in [-0.05, 0) is 34.5 Å². The van der Waals surface area contributed by atoms with Crippen LogP contribution in [0.15, 0.2) is 16.7 Å². The lowest BCUT2D eigenvalue weighted by atomic mass is 10.2. The van der Waals surface area contributed by atoms with Crippen LogP contribution < -0.4 is 5.73 Å². The molecule has 0 aliphatic heterocycles. The number of nitrogens with two attached hydrogens (primary N) is 1. The third-order valence-corrected chi connectivity index (χ3v) is 1.71. The molecule has 12 heavy (non-hydrogen) atoms. The summed E-state index contributed by atoms with van der Waals surface area (Å²) < 4.78 is 0.847. The van der Waals surface area contributed by atoms with Crippen LogP contribution in [-0.2, 0) is 0 Å². The second-order valence-corrected chi connectivity index (χ2v) is 3.10.